The van der Waals surface area contributed by atoms with Crippen LogP contribution in [0.3, 0.4) is 0 Å². The van der Waals surface area contributed by atoms with E-state index in [1.807, 2.05) is 13.0 Å². The lowest BCUT2D eigenvalue weighted by Gasteiger charge is -2.30. The van der Waals surface area contributed by atoms with Crippen LogP contribution in [-0.4, -0.2) is 56.2 Å². The first-order valence-corrected chi connectivity index (χ1v) is 14.4. The van der Waals surface area contributed by atoms with Crippen LogP contribution in [0.2, 0.25) is 0 Å². The van der Waals surface area contributed by atoms with Gasteiger partial charge in [0.1, 0.15) is 40.5 Å². The van der Waals surface area contributed by atoms with Gasteiger partial charge >= 0.3 is 0 Å². The van der Waals surface area contributed by atoms with E-state index in [2.05, 4.69) is 20.6 Å². The Hall–Kier alpha value is -4.42. The van der Waals surface area contributed by atoms with Gasteiger partial charge in [0.25, 0.3) is 5.91 Å². The van der Waals surface area contributed by atoms with Crippen LogP contribution >= 0.6 is 11.3 Å². The zero-order chi connectivity index (χ0) is 29.1. The first kappa shape index (κ1) is 26.5. The fourth-order valence-corrected chi connectivity index (χ4v) is 6.33. The summed E-state index contributed by atoms with van der Waals surface area (Å²) in [4.78, 5) is 22.6. The Kier molecular flexibility index (Phi) is 6.21. The van der Waals surface area contributed by atoms with Gasteiger partial charge in [-0.05, 0) is 68.1 Å². The number of ether oxygens (including phenoxy) is 2. The Morgan fingerprint density at radius 2 is 2.10 bits per heavy atom. The second-order valence-corrected chi connectivity index (χ2v) is 11.8. The summed E-state index contributed by atoms with van der Waals surface area (Å²) in [5.41, 5.74) is 2.90. The van der Waals surface area contributed by atoms with Crippen molar-refractivity contribution in [2.75, 3.05) is 20.3 Å². The van der Waals surface area contributed by atoms with E-state index in [4.69, 9.17) is 14.5 Å². The fourth-order valence-electron chi connectivity index (χ4n) is 5.60. The van der Waals surface area contributed by atoms with Crippen LogP contribution in [0, 0.1) is 11.7 Å². The third-order valence-corrected chi connectivity index (χ3v) is 8.97. The lowest BCUT2D eigenvalue weighted by Crippen LogP contribution is -2.43. The Labute approximate surface area is 244 Å². The minimum atomic E-state index is -1.47. The third-order valence-electron chi connectivity index (χ3n) is 8.19. The van der Waals surface area contributed by atoms with E-state index in [9.17, 15) is 14.3 Å². The summed E-state index contributed by atoms with van der Waals surface area (Å²) < 4.78 is 28.0. The van der Waals surface area contributed by atoms with Crippen molar-refractivity contribution in [2.24, 2.45) is 5.92 Å². The average molecular weight is 587 g/mol. The molecule has 7 rings (SSSR count). The van der Waals surface area contributed by atoms with Crippen molar-refractivity contribution in [1.29, 1.82) is 0 Å². The summed E-state index contributed by atoms with van der Waals surface area (Å²) >= 11 is 1.42. The van der Waals surface area contributed by atoms with Crippen LogP contribution in [0.4, 0.5) is 4.39 Å². The molecule has 1 saturated carbocycles. The SMILES string of the molecule is COc1cc(C(=O)NCC(O)(c2cc3c(c(-c4ccc(F)cc4)n2)OC[C@]3(C)n2ccnn2)C2CC2)cc2scnc12. The maximum atomic E-state index is 13.8. The molecule has 1 unspecified atom stereocenters. The lowest BCUT2D eigenvalue weighted by atomic mass is 9.87. The largest absolute Gasteiger partial charge is 0.494 e. The molecule has 0 bridgehead atoms. The number of benzene rings is 2. The lowest BCUT2D eigenvalue weighted by molar-refractivity contribution is 0.00945. The Morgan fingerprint density at radius 1 is 1.29 bits per heavy atom. The quantitative estimate of drug-likeness (QED) is 0.276. The van der Waals surface area contributed by atoms with E-state index < -0.39 is 11.1 Å². The van der Waals surface area contributed by atoms with Crippen molar-refractivity contribution >= 4 is 27.5 Å². The molecule has 2 N–H and O–H groups in total. The number of hydrogen-bond acceptors (Lipinski definition) is 9. The van der Waals surface area contributed by atoms with Crippen LogP contribution in [0.25, 0.3) is 21.5 Å². The Balaban J connectivity index is 1.29. The van der Waals surface area contributed by atoms with Crippen molar-refractivity contribution in [3.8, 4) is 22.8 Å². The van der Waals surface area contributed by atoms with Gasteiger partial charge in [-0.2, -0.15) is 0 Å². The molecule has 10 nitrogen and oxygen atoms in total. The number of aliphatic hydroxyl groups is 1. The van der Waals surface area contributed by atoms with Gasteiger partial charge in [0.15, 0.2) is 5.75 Å². The normalized spacial score (nSPS) is 19.2. The molecule has 214 valence electrons. The van der Waals surface area contributed by atoms with Gasteiger partial charge in [0, 0.05) is 22.9 Å². The fraction of sp³-hybridized carbons (Fsp3) is 0.300. The number of fused-ring (bicyclic) bond motifs is 2. The molecule has 2 atom stereocenters. The number of hydrogen-bond donors (Lipinski definition) is 2. The number of methoxy groups -OCH3 is 1. The summed E-state index contributed by atoms with van der Waals surface area (Å²) in [6.45, 7) is 2.19. The Morgan fingerprint density at radius 3 is 2.81 bits per heavy atom. The van der Waals surface area contributed by atoms with Gasteiger partial charge in [-0.1, -0.05) is 5.21 Å². The van der Waals surface area contributed by atoms with E-state index >= 15 is 0 Å². The number of carbonyl (C=O) groups excluding carboxylic acids is 1. The number of nitrogens with one attached hydrogen (secondary N) is 1. The summed E-state index contributed by atoms with van der Waals surface area (Å²) in [5.74, 6) is 0.218. The number of amides is 1. The molecule has 0 radical (unpaired) electrons. The molecular formula is C30H27FN6O4S. The summed E-state index contributed by atoms with van der Waals surface area (Å²) in [6.07, 6.45) is 4.93. The summed E-state index contributed by atoms with van der Waals surface area (Å²) in [6, 6.07) is 11.3. The van der Waals surface area contributed by atoms with Crippen molar-refractivity contribution in [3.05, 3.63) is 83.0 Å². The van der Waals surface area contributed by atoms with E-state index in [1.165, 1.54) is 30.6 Å². The number of nitrogens with zero attached hydrogens (tertiary/aromatic N) is 5. The molecule has 4 heterocycles. The van der Waals surface area contributed by atoms with Gasteiger partial charge < -0.3 is 19.9 Å². The van der Waals surface area contributed by atoms with Crippen LogP contribution in [0.1, 0.15) is 41.4 Å². The second-order valence-electron chi connectivity index (χ2n) is 10.9. The van der Waals surface area contributed by atoms with Crippen LogP contribution in [0.5, 0.6) is 11.5 Å². The van der Waals surface area contributed by atoms with Crippen LogP contribution < -0.4 is 14.8 Å². The van der Waals surface area contributed by atoms with Gasteiger partial charge in [0.05, 0.1) is 35.8 Å². The highest BCUT2D eigenvalue weighted by atomic mass is 32.1. The van der Waals surface area contributed by atoms with Crippen molar-refractivity contribution in [3.63, 3.8) is 0 Å². The molecule has 2 aromatic carbocycles. The standard InChI is InChI=1S/C30H27FN6O4S/c1-29(37-10-9-34-36-37)15-41-27-21(29)13-24(35-25(27)17-3-7-20(31)8-4-17)30(39,19-5-6-19)14-32-28(38)18-11-22(40-2)26-23(12-18)42-16-33-26/h3-4,7-13,16,19,39H,5-6,14-15H2,1-2H3,(H,32,38)/t29-,30?/m0/s1. The van der Waals surface area contributed by atoms with E-state index in [-0.39, 0.29) is 30.8 Å². The topological polar surface area (TPSA) is 124 Å². The number of carbonyl (C=O) groups is 1. The van der Waals surface area contributed by atoms with Crippen LogP contribution in [-0.2, 0) is 11.1 Å². The maximum absolute atomic E-state index is 13.8. The summed E-state index contributed by atoms with van der Waals surface area (Å²) in [5, 5.41) is 23.4. The molecule has 0 saturated heterocycles. The first-order chi connectivity index (χ1) is 20.3. The minimum Gasteiger partial charge on any atom is -0.494 e. The highest BCUT2D eigenvalue weighted by Crippen LogP contribution is 2.50. The molecule has 0 spiro atoms. The van der Waals surface area contributed by atoms with E-state index in [1.54, 1.807) is 46.9 Å². The average Bonchev–Trinajstić information content (AvgIpc) is 3.37. The van der Waals surface area contributed by atoms with Gasteiger partial charge in [-0.3, -0.25) is 4.79 Å². The molecule has 12 heteroatoms. The molecule has 1 amide bonds. The van der Waals surface area contributed by atoms with Crippen molar-refractivity contribution < 1.29 is 23.8 Å². The Bertz CT molecular complexity index is 1810. The number of thiazole rings is 1. The molecule has 5 aromatic rings. The van der Waals surface area contributed by atoms with Gasteiger partial charge in [-0.15, -0.1) is 16.4 Å². The number of halogens is 1. The number of aromatic nitrogens is 5. The zero-order valence-electron chi connectivity index (χ0n) is 22.9. The highest BCUT2D eigenvalue weighted by Gasteiger charge is 2.49. The third kappa shape index (κ3) is 4.29. The molecule has 1 aliphatic heterocycles. The summed E-state index contributed by atoms with van der Waals surface area (Å²) in [7, 11) is 1.54. The van der Waals surface area contributed by atoms with Gasteiger partial charge in [0.2, 0.25) is 0 Å². The molecule has 42 heavy (non-hydrogen) atoms. The number of pyridine rings is 1. The minimum absolute atomic E-state index is 0.0604. The molecular weight excluding hydrogens is 559 g/mol. The van der Waals surface area contributed by atoms with E-state index in [0.717, 1.165) is 23.1 Å². The molecule has 1 fully saturated rings. The zero-order valence-corrected chi connectivity index (χ0v) is 23.7. The van der Waals surface area contributed by atoms with E-state index in [0.29, 0.717) is 39.5 Å². The second kappa shape index (κ2) is 9.85. The molecule has 1 aliphatic carbocycles. The van der Waals surface area contributed by atoms with Gasteiger partial charge in [-0.25, -0.2) is 19.0 Å². The maximum Gasteiger partial charge on any atom is 0.251 e. The van der Waals surface area contributed by atoms with Crippen molar-refractivity contribution in [2.45, 2.75) is 30.9 Å². The highest BCUT2D eigenvalue weighted by molar-refractivity contribution is 7.16. The first-order valence-electron chi connectivity index (χ1n) is 13.5. The van der Waals surface area contributed by atoms with Crippen LogP contribution in [0.15, 0.2) is 60.4 Å². The predicted octanol–water partition coefficient (Wildman–Crippen LogP) is 4.28. The predicted molar refractivity (Wildman–Crippen MR) is 153 cm³/mol. The van der Waals surface area contributed by atoms with Crippen molar-refractivity contribution in [1.82, 2.24) is 30.3 Å². The molecule has 2 aliphatic rings. The number of rotatable bonds is 8. The smallest absolute Gasteiger partial charge is 0.251 e. The monoisotopic (exact) mass is 586 g/mol. The molecule has 3 aromatic heterocycles.